The third-order valence-electron chi connectivity index (χ3n) is 2.54. The molecular formula is C13H19ClF3N3. The average molecular weight is 310 g/mol. The Hall–Kier alpha value is -1.04. The molecule has 0 aliphatic heterocycles. The standard InChI is InChI=1S/C13H19ClF3N3/c1-5-6-20(8-13(15,16)17)10-7-9(14)18-11(19-10)12(2,3)4/h7H,5-6,8H2,1-4H3. The molecule has 0 aromatic carbocycles. The minimum atomic E-state index is -4.28. The monoisotopic (exact) mass is 309 g/mol. The summed E-state index contributed by atoms with van der Waals surface area (Å²) in [7, 11) is 0. The smallest absolute Gasteiger partial charge is 0.347 e. The maximum absolute atomic E-state index is 12.6. The van der Waals surface area contributed by atoms with Crippen molar-refractivity contribution >= 4 is 17.4 Å². The molecule has 3 nitrogen and oxygen atoms in total. The van der Waals surface area contributed by atoms with Gasteiger partial charge in [-0.1, -0.05) is 39.3 Å². The van der Waals surface area contributed by atoms with Gasteiger partial charge in [-0.3, -0.25) is 0 Å². The van der Waals surface area contributed by atoms with Gasteiger partial charge in [-0.2, -0.15) is 13.2 Å². The van der Waals surface area contributed by atoms with Crippen molar-refractivity contribution < 1.29 is 13.2 Å². The molecule has 0 amide bonds. The van der Waals surface area contributed by atoms with Crippen molar-refractivity contribution in [2.45, 2.75) is 45.7 Å². The summed E-state index contributed by atoms with van der Waals surface area (Å²) in [6, 6.07) is 1.37. The predicted molar refractivity (Wildman–Crippen MR) is 74.3 cm³/mol. The Balaban J connectivity index is 3.16. The van der Waals surface area contributed by atoms with Crippen molar-refractivity contribution in [3.05, 3.63) is 17.0 Å². The summed E-state index contributed by atoms with van der Waals surface area (Å²) in [6.07, 6.45) is -3.70. The van der Waals surface area contributed by atoms with Crippen molar-refractivity contribution in [2.24, 2.45) is 0 Å². The maximum atomic E-state index is 12.6. The summed E-state index contributed by atoms with van der Waals surface area (Å²) >= 11 is 5.91. The summed E-state index contributed by atoms with van der Waals surface area (Å²) < 4.78 is 37.9. The van der Waals surface area contributed by atoms with Gasteiger partial charge in [0.2, 0.25) is 0 Å². The van der Waals surface area contributed by atoms with E-state index in [0.29, 0.717) is 12.2 Å². The van der Waals surface area contributed by atoms with Gasteiger partial charge in [0, 0.05) is 18.0 Å². The summed E-state index contributed by atoms with van der Waals surface area (Å²) in [5, 5.41) is 0.156. The first-order valence-corrected chi connectivity index (χ1v) is 6.77. The Kier molecular flexibility index (Phi) is 5.24. The van der Waals surface area contributed by atoms with Gasteiger partial charge in [0.25, 0.3) is 0 Å². The molecule has 0 radical (unpaired) electrons. The normalized spacial score (nSPS) is 12.6. The zero-order valence-corrected chi connectivity index (χ0v) is 12.8. The van der Waals surface area contributed by atoms with Crippen molar-refractivity contribution in [2.75, 3.05) is 18.0 Å². The molecule has 7 heteroatoms. The fourth-order valence-corrected chi connectivity index (χ4v) is 1.84. The van der Waals surface area contributed by atoms with Gasteiger partial charge < -0.3 is 4.90 Å². The number of halogens is 4. The highest BCUT2D eigenvalue weighted by Gasteiger charge is 2.32. The minimum Gasteiger partial charge on any atom is -0.347 e. The van der Waals surface area contributed by atoms with E-state index >= 15 is 0 Å². The second kappa shape index (κ2) is 6.16. The van der Waals surface area contributed by atoms with E-state index in [4.69, 9.17) is 11.6 Å². The number of aromatic nitrogens is 2. The first kappa shape index (κ1) is 17.0. The Labute approximate surface area is 122 Å². The zero-order chi connectivity index (χ0) is 15.6. The number of rotatable bonds is 4. The quantitative estimate of drug-likeness (QED) is 0.780. The number of hydrogen-bond acceptors (Lipinski definition) is 3. The largest absolute Gasteiger partial charge is 0.405 e. The van der Waals surface area contributed by atoms with Crippen molar-refractivity contribution in [1.29, 1.82) is 0 Å². The molecule has 0 fully saturated rings. The Morgan fingerprint density at radius 1 is 1.20 bits per heavy atom. The fraction of sp³-hybridized carbons (Fsp3) is 0.692. The second-order valence-electron chi connectivity index (χ2n) is 5.66. The van der Waals surface area contributed by atoms with E-state index in [1.807, 2.05) is 27.7 Å². The molecule has 1 heterocycles. The van der Waals surface area contributed by atoms with Crippen molar-refractivity contribution in [1.82, 2.24) is 9.97 Å². The molecule has 1 aromatic rings. The van der Waals surface area contributed by atoms with Crippen molar-refractivity contribution in [3.63, 3.8) is 0 Å². The SMILES string of the molecule is CCCN(CC(F)(F)F)c1cc(Cl)nc(C(C)(C)C)n1. The molecular weight excluding hydrogens is 291 g/mol. The Bertz CT molecular complexity index is 455. The summed E-state index contributed by atoms with van der Waals surface area (Å²) in [6.45, 7) is 6.69. The minimum absolute atomic E-state index is 0.156. The highest BCUT2D eigenvalue weighted by molar-refractivity contribution is 6.29. The van der Waals surface area contributed by atoms with Crippen LogP contribution in [0.25, 0.3) is 0 Å². The lowest BCUT2D eigenvalue weighted by atomic mass is 9.96. The molecule has 0 atom stereocenters. The van der Waals surface area contributed by atoms with Crippen LogP contribution in [0.15, 0.2) is 6.07 Å². The van der Waals surface area contributed by atoms with Gasteiger partial charge in [-0.05, 0) is 6.42 Å². The van der Waals surface area contributed by atoms with E-state index in [1.165, 1.54) is 11.0 Å². The molecule has 114 valence electrons. The first-order valence-electron chi connectivity index (χ1n) is 6.39. The van der Waals surface area contributed by atoms with Crippen LogP contribution in [-0.2, 0) is 5.41 Å². The molecule has 0 bridgehead atoms. The number of alkyl halides is 3. The Morgan fingerprint density at radius 3 is 2.25 bits per heavy atom. The third kappa shape index (κ3) is 5.15. The topological polar surface area (TPSA) is 29.0 Å². The van der Waals surface area contributed by atoms with E-state index in [-0.39, 0.29) is 22.9 Å². The highest BCUT2D eigenvalue weighted by Crippen LogP contribution is 2.26. The van der Waals surface area contributed by atoms with Crippen LogP contribution in [0.5, 0.6) is 0 Å². The molecule has 1 rings (SSSR count). The van der Waals surface area contributed by atoms with Crippen LogP contribution in [0.1, 0.15) is 39.9 Å². The second-order valence-corrected chi connectivity index (χ2v) is 6.05. The van der Waals surface area contributed by atoms with Crippen LogP contribution in [-0.4, -0.2) is 29.2 Å². The fourth-order valence-electron chi connectivity index (χ4n) is 1.66. The average Bonchev–Trinajstić information content (AvgIpc) is 2.24. The van der Waals surface area contributed by atoms with E-state index in [2.05, 4.69) is 9.97 Å². The summed E-state index contributed by atoms with van der Waals surface area (Å²) in [5.74, 6) is 0.650. The molecule has 0 spiro atoms. The molecule has 1 aromatic heterocycles. The molecule has 20 heavy (non-hydrogen) atoms. The van der Waals surface area contributed by atoms with E-state index in [0.717, 1.165) is 0 Å². The van der Waals surface area contributed by atoms with Crippen LogP contribution >= 0.6 is 11.6 Å². The molecule has 0 saturated heterocycles. The lowest BCUT2D eigenvalue weighted by Crippen LogP contribution is -2.36. The van der Waals surface area contributed by atoms with E-state index in [9.17, 15) is 13.2 Å². The number of nitrogens with zero attached hydrogens (tertiary/aromatic N) is 3. The lowest BCUT2D eigenvalue weighted by Gasteiger charge is -2.26. The first-order chi connectivity index (χ1) is 9.03. The predicted octanol–water partition coefficient (Wildman–Crippen LogP) is 4.21. The summed E-state index contributed by atoms with van der Waals surface area (Å²) in [5.41, 5.74) is -0.379. The maximum Gasteiger partial charge on any atom is 0.405 e. The number of anilines is 1. The van der Waals surface area contributed by atoms with Gasteiger partial charge in [0.15, 0.2) is 0 Å². The molecule has 0 aliphatic rings. The third-order valence-corrected chi connectivity index (χ3v) is 2.73. The Morgan fingerprint density at radius 2 is 1.80 bits per heavy atom. The van der Waals surface area contributed by atoms with Crippen LogP contribution in [0.2, 0.25) is 5.15 Å². The van der Waals surface area contributed by atoms with Gasteiger partial charge in [-0.15, -0.1) is 0 Å². The van der Waals surface area contributed by atoms with E-state index < -0.39 is 12.7 Å². The molecule has 0 aliphatic carbocycles. The van der Waals surface area contributed by atoms with E-state index in [1.54, 1.807) is 0 Å². The van der Waals surface area contributed by atoms with Gasteiger partial charge in [0.1, 0.15) is 23.3 Å². The molecule has 0 N–H and O–H groups in total. The van der Waals surface area contributed by atoms with Crippen LogP contribution < -0.4 is 4.90 Å². The molecule has 0 saturated carbocycles. The van der Waals surface area contributed by atoms with Gasteiger partial charge in [-0.25, -0.2) is 9.97 Å². The lowest BCUT2D eigenvalue weighted by molar-refractivity contribution is -0.119. The molecule has 0 unspecified atom stereocenters. The van der Waals surface area contributed by atoms with Gasteiger partial charge in [0.05, 0.1) is 0 Å². The summed E-state index contributed by atoms with van der Waals surface area (Å²) in [4.78, 5) is 9.51. The van der Waals surface area contributed by atoms with Gasteiger partial charge >= 0.3 is 6.18 Å². The number of hydrogen-bond donors (Lipinski definition) is 0. The van der Waals surface area contributed by atoms with Crippen LogP contribution in [0.4, 0.5) is 19.0 Å². The van der Waals surface area contributed by atoms with Crippen LogP contribution in [0, 0.1) is 0 Å². The zero-order valence-electron chi connectivity index (χ0n) is 12.1. The highest BCUT2D eigenvalue weighted by atomic mass is 35.5. The van der Waals surface area contributed by atoms with Crippen molar-refractivity contribution in [3.8, 4) is 0 Å². The van der Waals surface area contributed by atoms with Crippen LogP contribution in [0.3, 0.4) is 0 Å².